The molecule has 0 bridgehead atoms. The molecule has 3 N–H and O–H groups in total. The lowest BCUT2D eigenvalue weighted by atomic mass is 10.1. The van der Waals surface area contributed by atoms with Crippen LogP contribution < -0.4 is 15.1 Å². The topological polar surface area (TPSA) is 38.0 Å². The third kappa shape index (κ3) is 4.43. The number of benzene rings is 2. The second-order valence-electron chi connectivity index (χ2n) is 6.65. The fourth-order valence-electron chi connectivity index (χ4n) is 3.38. The number of anilines is 1. The summed E-state index contributed by atoms with van der Waals surface area (Å²) >= 11 is 0. The van der Waals surface area contributed by atoms with E-state index in [0.717, 1.165) is 38.4 Å². The molecular weight excluding hydrogens is 298 g/mol. The van der Waals surface area contributed by atoms with E-state index in [1.54, 1.807) is 4.90 Å². The van der Waals surface area contributed by atoms with Crippen LogP contribution in [0.3, 0.4) is 0 Å². The van der Waals surface area contributed by atoms with Crippen LogP contribution in [0.25, 0.3) is 0 Å². The van der Waals surface area contributed by atoms with Gasteiger partial charge < -0.3 is 15.1 Å². The largest absolute Gasteiger partial charge is 0.322 e. The fraction of sp³-hybridized carbons (Fsp3) is 0.350. The minimum absolute atomic E-state index is 0.0107. The summed E-state index contributed by atoms with van der Waals surface area (Å²) in [5, 5.41) is 3.02. The van der Waals surface area contributed by atoms with E-state index >= 15 is 0 Å². The van der Waals surface area contributed by atoms with Crippen LogP contribution in [0.2, 0.25) is 0 Å². The van der Waals surface area contributed by atoms with Crippen molar-refractivity contribution in [3.05, 3.63) is 66.2 Å². The molecule has 0 radical (unpaired) electrons. The Labute approximate surface area is 144 Å². The highest BCUT2D eigenvalue weighted by molar-refractivity contribution is 5.93. The molecule has 0 aromatic heterocycles. The van der Waals surface area contributed by atoms with Crippen molar-refractivity contribution in [3.8, 4) is 0 Å². The normalized spacial score (nSPS) is 21.9. The summed E-state index contributed by atoms with van der Waals surface area (Å²) in [6, 6.07) is 20.4. The zero-order valence-electron chi connectivity index (χ0n) is 14.3. The summed E-state index contributed by atoms with van der Waals surface area (Å²) in [4.78, 5) is 15.4. The molecule has 0 aliphatic carbocycles. The molecule has 1 atom stereocenters. The predicted molar refractivity (Wildman–Crippen MR) is 96.1 cm³/mol. The van der Waals surface area contributed by atoms with Crippen molar-refractivity contribution >= 4 is 11.6 Å². The van der Waals surface area contributed by atoms with Gasteiger partial charge in [0.25, 0.3) is 5.91 Å². The second-order valence-corrected chi connectivity index (χ2v) is 6.65. The molecule has 1 amide bonds. The maximum absolute atomic E-state index is 12.4. The third-order valence-corrected chi connectivity index (χ3v) is 4.94. The number of rotatable bonds is 5. The van der Waals surface area contributed by atoms with Gasteiger partial charge in [-0.05, 0) is 19.1 Å². The lowest BCUT2D eigenvalue weighted by Gasteiger charge is -2.32. The average Bonchev–Trinajstić information content (AvgIpc) is 2.63. The van der Waals surface area contributed by atoms with Crippen LogP contribution in [-0.2, 0) is 11.3 Å². The molecular formula is C20H27N3O+2. The van der Waals surface area contributed by atoms with Crippen molar-refractivity contribution in [2.75, 3.05) is 31.5 Å². The summed E-state index contributed by atoms with van der Waals surface area (Å²) in [6.07, 6.45) is 0. The molecule has 4 nitrogen and oxygen atoms in total. The molecule has 1 aliphatic heterocycles. The Balaban J connectivity index is 1.48. The summed E-state index contributed by atoms with van der Waals surface area (Å²) in [7, 11) is 0. The third-order valence-electron chi connectivity index (χ3n) is 4.94. The first-order valence-electron chi connectivity index (χ1n) is 8.80. The van der Waals surface area contributed by atoms with Gasteiger partial charge in [0, 0.05) is 11.3 Å². The average molecular weight is 325 g/mol. The van der Waals surface area contributed by atoms with Crippen molar-refractivity contribution in [2.45, 2.75) is 19.5 Å². The van der Waals surface area contributed by atoms with Gasteiger partial charge in [-0.15, -0.1) is 0 Å². The number of para-hydroxylation sites is 1. The van der Waals surface area contributed by atoms with Crippen molar-refractivity contribution in [2.24, 2.45) is 0 Å². The minimum Gasteiger partial charge on any atom is -0.322 e. The van der Waals surface area contributed by atoms with Gasteiger partial charge in [0.1, 0.15) is 32.7 Å². The molecule has 0 spiro atoms. The highest BCUT2D eigenvalue weighted by Gasteiger charge is 2.30. The first kappa shape index (κ1) is 16.7. The van der Waals surface area contributed by atoms with Crippen molar-refractivity contribution in [3.63, 3.8) is 0 Å². The zero-order valence-corrected chi connectivity index (χ0v) is 14.3. The predicted octanol–water partition coefficient (Wildman–Crippen LogP) is -0.00280. The van der Waals surface area contributed by atoms with Crippen molar-refractivity contribution in [1.29, 1.82) is 0 Å². The second kappa shape index (κ2) is 8.08. The van der Waals surface area contributed by atoms with Crippen LogP contribution in [0.1, 0.15) is 12.5 Å². The van der Waals surface area contributed by atoms with E-state index in [4.69, 9.17) is 0 Å². The van der Waals surface area contributed by atoms with Crippen molar-refractivity contribution < 1.29 is 14.6 Å². The molecule has 24 heavy (non-hydrogen) atoms. The maximum Gasteiger partial charge on any atom is 0.282 e. The van der Waals surface area contributed by atoms with E-state index in [1.807, 2.05) is 37.3 Å². The van der Waals surface area contributed by atoms with E-state index in [-0.39, 0.29) is 11.9 Å². The molecule has 3 rings (SSSR count). The van der Waals surface area contributed by atoms with Gasteiger partial charge >= 0.3 is 0 Å². The highest BCUT2D eigenvalue weighted by atomic mass is 16.2. The van der Waals surface area contributed by atoms with Crippen LogP contribution >= 0.6 is 0 Å². The number of amides is 1. The molecule has 1 fully saturated rings. The lowest BCUT2D eigenvalue weighted by molar-refractivity contribution is -1.02. The Morgan fingerprint density at radius 1 is 0.958 bits per heavy atom. The number of piperazine rings is 1. The molecule has 0 unspecified atom stereocenters. The Kier molecular flexibility index (Phi) is 5.62. The Morgan fingerprint density at radius 2 is 1.54 bits per heavy atom. The number of hydrogen-bond donors (Lipinski definition) is 3. The van der Waals surface area contributed by atoms with Gasteiger partial charge in [0.05, 0.1) is 0 Å². The van der Waals surface area contributed by atoms with Gasteiger partial charge in [0.2, 0.25) is 0 Å². The molecule has 2 aromatic carbocycles. The fourth-order valence-corrected chi connectivity index (χ4v) is 3.38. The van der Waals surface area contributed by atoms with Gasteiger partial charge in [-0.2, -0.15) is 0 Å². The molecule has 1 heterocycles. The molecule has 126 valence electrons. The lowest BCUT2D eigenvalue weighted by Crippen LogP contribution is -3.29. The number of hydrogen-bond acceptors (Lipinski definition) is 1. The number of carbonyl (C=O) groups is 1. The van der Waals surface area contributed by atoms with Gasteiger partial charge in [0.15, 0.2) is 6.04 Å². The van der Waals surface area contributed by atoms with Crippen molar-refractivity contribution in [1.82, 2.24) is 0 Å². The highest BCUT2D eigenvalue weighted by Crippen LogP contribution is 2.04. The summed E-state index contributed by atoms with van der Waals surface area (Å²) in [6.45, 7) is 7.45. The summed E-state index contributed by atoms with van der Waals surface area (Å²) in [5.41, 5.74) is 2.27. The first-order valence-corrected chi connectivity index (χ1v) is 8.80. The SMILES string of the molecule is C[C@@H](C(=O)Nc1ccccc1)[NH+]1CC[NH+](Cc2ccccc2)CC1. The van der Waals surface area contributed by atoms with E-state index < -0.39 is 0 Å². The van der Waals surface area contributed by atoms with Gasteiger partial charge in [-0.3, -0.25) is 4.79 Å². The number of quaternary nitrogens is 2. The number of nitrogens with one attached hydrogen (secondary N) is 3. The molecule has 1 saturated heterocycles. The quantitative estimate of drug-likeness (QED) is 0.711. The maximum atomic E-state index is 12.4. The summed E-state index contributed by atoms with van der Waals surface area (Å²) in [5.74, 6) is 0.114. The minimum atomic E-state index is -0.0107. The van der Waals surface area contributed by atoms with Crippen LogP contribution in [0, 0.1) is 0 Å². The first-order chi connectivity index (χ1) is 11.7. The van der Waals surface area contributed by atoms with Crippen LogP contribution in [0.5, 0.6) is 0 Å². The molecule has 1 aliphatic rings. The standard InChI is InChI=1S/C20H25N3O/c1-17(20(24)21-19-10-6-3-7-11-19)23-14-12-22(13-15-23)16-18-8-4-2-5-9-18/h2-11,17H,12-16H2,1H3,(H,21,24)/p+2/t17-/m0/s1. The van der Waals surface area contributed by atoms with Gasteiger partial charge in [-0.25, -0.2) is 0 Å². The Bertz CT molecular complexity index is 636. The Hall–Kier alpha value is -2.17. The van der Waals surface area contributed by atoms with E-state index in [2.05, 4.69) is 35.6 Å². The van der Waals surface area contributed by atoms with Crippen LogP contribution in [0.15, 0.2) is 60.7 Å². The number of carbonyl (C=O) groups excluding carboxylic acids is 1. The zero-order chi connectivity index (χ0) is 16.8. The van der Waals surface area contributed by atoms with E-state index in [1.165, 1.54) is 10.5 Å². The van der Waals surface area contributed by atoms with Crippen LogP contribution in [0.4, 0.5) is 5.69 Å². The molecule has 2 aromatic rings. The Morgan fingerprint density at radius 3 is 2.17 bits per heavy atom. The molecule has 4 heteroatoms. The summed E-state index contributed by atoms with van der Waals surface area (Å²) < 4.78 is 0. The monoisotopic (exact) mass is 325 g/mol. The van der Waals surface area contributed by atoms with E-state index in [0.29, 0.717) is 0 Å². The van der Waals surface area contributed by atoms with Crippen LogP contribution in [-0.4, -0.2) is 38.1 Å². The molecule has 0 saturated carbocycles. The van der Waals surface area contributed by atoms with E-state index in [9.17, 15) is 4.79 Å². The smallest absolute Gasteiger partial charge is 0.282 e. The van der Waals surface area contributed by atoms with Gasteiger partial charge in [-0.1, -0.05) is 48.5 Å².